The van der Waals surface area contributed by atoms with Crippen LogP contribution in [0.1, 0.15) is 11.1 Å². The predicted octanol–water partition coefficient (Wildman–Crippen LogP) is 2.48. The molecule has 0 saturated heterocycles. The van der Waals surface area contributed by atoms with Gasteiger partial charge in [0.2, 0.25) is 0 Å². The number of hydrogen-bond acceptors (Lipinski definition) is 4. The van der Waals surface area contributed by atoms with Gasteiger partial charge in [-0.25, -0.2) is 19.2 Å². The molecular formula is C20H16O8. The molecule has 0 radical (unpaired) electrons. The molecule has 0 aliphatic carbocycles. The maximum Gasteiger partial charge on any atom is 0.343 e. The van der Waals surface area contributed by atoms with Crippen LogP contribution in [-0.2, 0) is 19.2 Å². The maximum atomic E-state index is 10.5. The van der Waals surface area contributed by atoms with E-state index in [2.05, 4.69) is 0 Å². The van der Waals surface area contributed by atoms with Gasteiger partial charge in [-0.05, 0) is 23.3 Å². The molecule has 0 aromatic heterocycles. The molecule has 0 amide bonds. The zero-order chi connectivity index (χ0) is 21.1. The standard InChI is InChI=1S/2C10H8O4/c2*11-9(12)8(10(13)14)6-7-4-2-1-3-5-7/h2*1-6H,(H,11,12)(H,13,14). The summed E-state index contributed by atoms with van der Waals surface area (Å²) in [6.07, 6.45) is 2.23. The van der Waals surface area contributed by atoms with E-state index in [9.17, 15) is 19.2 Å². The number of hydrogen-bond donors (Lipinski definition) is 4. The number of carboxylic acids is 4. The third kappa shape index (κ3) is 7.36. The molecule has 2 rings (SSSR count). The second-order valence-electron chi connectivity index (χ2n) is 5.16. The van der Waals surface area contributed by atoms with Crippen molar-refractivity contribution in [1.82, 2.24) is 0 Å². The fourth-order valence-electron chi connectivity index (χ4n) is 1.86. The Balaban J connectivity index is 0.000000280. The summed E-state index contributed by atoms with van der Waals surface area (Å²) in [6, 6.07) is 16.9. The quantitative estimate of drug-likeness (QED) is 0.337. The zero-order valence-corrected chi connectivity index (χ0v) is 14.4. The van der Waals surface area contributed by atoms with E-state index in [-0.39, 0.29) is 0 Å². The molecule has 0 atom stereocenters. The summed E-state index contributed by atoms with van der Waals surface area (Å²) in [6.45, 7) is 0. The van der Waals surface area contributed by atoms with Gasteiger partial charge >= 0.3 is 23.9 Å². The Hall–Kier alpha value is -4.20. The molecule has 2 aromatic rings. The topological polar surface area (TPSA) is 149 Å². The van der Waals surface area contributed by atoms with Crippen LogP contribution in [0.15, 0.2) is 71.8 Å². The highest BCUT2D eigenvalue weighted by molar-refractivity contribution is 6.16. The first-order valence-electron chi connectivity index (χ1n) is 7.69. The second kappa shape index (κ2) is 10.7. The van der Waals surface area contributed by atoms with Crippen molar-refractivity contribution in [3.8, 4) is 0 Å². The second-order valence-corrected chi connectivity index (χ2v) is 5.16. The molecule has 0 aliphatic heterocycles. The van der Waals surface area contributed by atoms with Crippen LogP contribution < -0.4 is 0 Å². The Morgan fingerprint density at radius 3 is 0.964 bits per heavy atom. The van der Waals surface area contributed by atoms with Gasteiger partial charge in [0.05, 0.1) is 0 Å². The van der Waals surface area contributed by atoms with E-state index in [4.69, 9.17) is 20.4 Å². The molecule has 0 spiro atoms. The molecule has 0 heterocycles. The van der Waals surface area contributed by atoms with Crippen LogP contribution in [0.25, 0.3) is 12.2 Å². The lowest BCUT2D eigenvalue weighted by atomic mass is 10.1. The van der Waals surface area contributed by atoms with Gasteiger partial charge in [0.15, 0.2) is 0 Å². The van der Waals surface area contributed by atoms with E-state index in [1.54, 1.807) is 60.7 Å². The highest BCUT2D eigenvalue weighted by Crippen LogP contribution is 2.07. The predicted molar refractivity (Wildman–Crippen MR) is 99.4 cm³/mol. The normalized spacial score (nSPS) is 9.14. The third-order valence-corrected chi connectivity index (χ3v) is 3.14. The Kier molecular flexibility index (Phi) is 8.36. The lowest BCUT2D eigenvalue weighted by molar-refractivity contribution is -0.142. The van der Waals surface area contributed by atoms with Gasteiger partial charge in [0, 0.05) is 0 Å². The van der Waals surface area contributed by atoms with Crippen LogP contribution in [0.2, 0.25) is 0 Å². The average molecular weight is 384 g/mol. The minimum Gasteiger partial charge on any atom is -0.477 e. The van der Waals surface area contributed by atoms with Crippen LogP contribution in [0.4, 0.5) is 0 Å². The van der Waals surface area contributed by atoms with E-state index in [1.165, 1.54) is 0 Å². The van der Waals surface area contributed by atoms with E-state index < -0.39 is 35.0 Å². The molecule has 2 aromatic carbocycles. The molecule has 4 N–H and O–H groups in total. The Labute approximate surface area is 159 Å². The van der Waals surface area contributed by atoms with Crippen molar-refractivity contribution in [1.29, 1.82) is 0 Å². The molecule has 28 heavy (non-hydrogen) atoms. The summed E-state index contributed by atoms with van der Waals surface area (Å²) in [4.78, 5) is 42.0. The van der Waals surface area contributed by atoms with Crippen molar-refractivity contribution in [2.24, 2.45) is 0 Å². The van der Waals surface area contributed by atoms with Crippen molar-refractivity contribution < 1.29 is 39.6 Å². The minimum absolute atomic E-state index is 0.548. The lowest BCUT2D eigenvalue weighted by Gasteiger charge is -1.95. The first-order valence-corrected chi connectivity index (χ1v) is 7.69. The summed E-state index contributed by atoms with van der Waals surface area (Å²) in [5, 5.41) is 34.2. The molecular weight excluding hydrogens is 368 g/mol. The minimum atomic E-state index is -1.44. The van der Waals surface area contributed by atoms with E-state index in [1.807, 2.05) is 0 Å². The number of carbonyl (C=O) groups is 4. The van der Waals surface area contributed by atoms with Crippen molar-refractivity contribution >= 4 is 36.0 Å². The smallest absolute Gasteiger partial charge is 0.343 e. The van der Waals surface area contributed by atoms with Crippen LogP contribution in [-0.4, -0.2) is 44.3 Å². The van der Waals surface area contributed by atoms with Crippen LogP contribution in [0, 0.1) is 0 Å². The molecule has 8 heteroatoms. The number of carboxylic acid groups (broad SMARTS) is 4. The highest BCUT2D eigenvalue weighted by atomic mass is 16.4. The van der Waals surface area contributed by atoms with Gasteiger partial charge in [0.1, 0.15) is 11.1 Å². The summed E-state index contributed by atoms with van der Waals surface area (Å²) in [5.41, 5.74) is -0.188. The van der Waals surface area contributed by atoms with E-state index >= 15 is 0 Å². The maximum absolute atomic E-state index is 10.5. The molecule has 144 valence electrons. The first-order chi connectivity index (χ1) is 13.2. The summed E-state index contributed by atoms with van der Waals surface area (Å²) in [5.74, 6) is -5.77. The summed E-state index contributed by atoms with van der Waals surface area (Å²) >= 11 is 0. The van der Waals surface area contributed by atoms with Crippen LogP contribution >= 0.6 is 0 Å². The lowest BCUT2D eigenvalue weighted by Crippen LogP contribution is -2.10. The van der Waals surface area contributed by atoms with Gasteiger partial charge in [-0.15, -0.1) is 0 Å². The molecule has 0 fully saturated rings. The Morgan fingerprint density at radius 1 is 0.500 bits per heavy atom. The SMILES string of the molecule is O=C(O)C(=Cc1ccccc1)C(=O)O.O=C(O)C(=Cc1ccccc1)C(=O)O. The summed E-state index contributed by atoms with van der Waals surface area (Å²) < 4.78 is 0. The van der Waals surface area contributed by atoms with Crippen molar-refractivity contribution in [2.45, 2.75) is 0 Å². The van der Waals surface area contributed by atoms with Crippen molar-refractivity contribution in [3.05, 3.63) is 82.9 Å². The fourth-order valence-corrected chi connectivity index (χ4v) is 1.86. The third-order valence-electron chi connectivity index (χ3n) is 3.14. The molecule has 0 unspecified atom stereocenters. The van der Waals surface area contributed by atoms with Crippen LogP contribution in [0.3, 0.4) is 0 Å². The highest BCUT2D eigenvalue weighted by Gasteiger charge is 2.16. The molecule has 0 bridgehead atoms. The number of aliphatic carboxylic acids is 4. The first kappa shape index (κ1) is 21.8. The van der Waals surface area contributed by atoms with Gasteiger partial charge in [0.25, 0.3) is 0 Å². The van der Waals surface area contributed by atoms with Gasteiger partial charge < -0.3 is 20.4 Å². The van der Waals surface area contributed by atoms with Gasteiger partial charge in [-0.1, -0.05) is 60.7 Å². The Morgan fingerprint density at radius 2 is 0.750 bits per heavy atom. The number of benzene rings is 2. The molecule has 8 nitrogen and oxygen atoms in total. The summed E-state index contributed by atoms with van der Waals surface area (Å²) in [7, 11) is 0. The Bertz CT molecular complexity index is 802. The monoisotopic (exact) mass is 384 g/mol. The largest absolute Gasteiger partial charge is 0.477 e. The van der Waals surface area contributed by atoms with Gasteiger partial charge in [-0.2, -0.15) is 0 Å². The zero-order valence-electron chi connectivity index (χ0n) is 14.4. The molecule has 0 aliphatic rings. The average Bonchev–Trinajstić information content (AvgIpc) is 2.65. The van der Waals surface area contributed by atoms with Gasteiger partial charge in [-0.3, -0.25) is 0 Å². The van der Waals surface area contributed by atoms with Crippen molar-refractivity contribution in [2.75, 3.05) is 0 Å². The number of rotatable bonds is 6. The van der Waals surface area contributed by atoms with E-state index in [0.717, 1.165) is 12.2 Å². The van der Waals surface area contributed by atoms with Crippen molar-refractivity contribution in [3.63, 3.8) is 0 Å². The van der Waals surface area contributed by atoms with Crippen LogP contribution in [0.5, 0.6) is 0 Å². The van der Waals surface area contributed by atoms with E-state index in [0.29, 0.717) is 11.1 Å². The molecule has 0 saturated carbocycles. The fraction of sp³-hybridized carbons (Fsp3) is 0.